The highest BCUT2D eigenvalue weighted by Crippen LogP contribution is 2.17. The fourth-order valence-electron chi connectivity index (χ4n) is 3.70. The summed E-state index contributed by atoms with van der Waals surface area (Å²) in [6.07, 6.45) is 5.43. The standard InChI is InChI=1S/C24H32N2O4/c1-3-4-12-25(24(28)20-9-5-8-19(2)15-20)18-23(27)26(16-21-10-6-13-29-21)17-22-11-7-14-30-22/h5-6,8-10,13,15,22H,3-4,7,11-12,14,16-18H2,1-2H3/t22-/m1/s1. The first-order valence-electron chi connectivity index (χ1n) is 10.8. The summed E-state index contributed by atoms with van der Waals surface area (Å²) in [5.74, 6) is 0.543. The number of amides is 2. The van der Waals surface area contributed by atoms with Crippen molar-refractivity contribution in [1.29, 1.82) is 0 Å². The lowest BCUT2D eigenvalue weighted by atomic mass is 10.1. The van der Waals surface area contributed by atoms with Gasteiger partial charge in [0.2, 0.25) is 5.91 Å². The van der Waals surface area contributed by atoms with E-state index >= 15 is 0 Å². The van der Waals surface area contributed by atoms with Crippen LogP contribution in [0.15, 0.2) is 47.1 Å². The molecule has 0 spiro atoms. The Balaban J connectivity index is 1.73. The van der Waals surface area contributed by atoms with Crippen molar-refractivity contribution in [2.24, 2.45) is 0 Å². The van der Waals surface area contributed by atoms with Crippen LogP contribution in [0, 0.1) is 6.92 Å². The number of carbonyl (C=O) groups excluding carboxylic acids is 2. The molecule has 30 heavy (non-hydrogen) atoms. The van der Waals surface area contributed by atoms with Gasteiger partial charge in [0, 0.05) is 25.3 Å². The molecule has 2 heterocycles. The molecule has 1 aliphatic heterocycles. The zero-order valence-corrected chi connectivity index (χ0v) is 18.0. The minimum atomic E-state index is -0.101. The van der Waals surface area contributed by atoms with Crippen molar-refractivity contribution in [3.8, 4) is 0 Å². The Morgan fingerprint density at radius 1 is 1.17 bits per heavy atom. The molecule has 1 atom stereocenters. The van der Waals surface area contributed by atoms with E-state index in [4.69, 9.17) is 9.15 Å². The Kier molecular flexibility index (Phi) is 8.08. The van der Waals surface area contributed by atoms with Gasteiger partial charge in [-0.15, -0.1) is 0 Å². The number of ether oxygens (including phenoxy) is 1. The second-order valence-electron chi connectivity index (χ2n) is 7.94. The van der Waals surface area contributed by atoms with Crippen LogP contribution in [-0.2, 0) is 16.1 Å². The van der Waals surface area contributed by atoms with Gasteiger partial charge in [0.05, 0.1) is 18.9 Å². The molecule has 0 N–H and O–H groups in total. The van der Waals surface area contributed by atoms with Crippen LogP contribution >= 0.6 is 0 Å². The highest BCUT2D eigenvalue weighted by Gasteiger charge is 2.26. The zero-order chi connectivity index (χ0) is 21.3. The van der Waals surface area contributed by atoms with Gasteiger partial charge >= 0.3 is 0 Å². The van der Waals surface area contributed by atoms with E-state index in [9.17, 15) is 9.59 Å². The van der Waals surface area contributed by atoms with E-state index in [0.29, 0.717) is 25.2 Å². The maximum absolute atomic E-state index is 13.3. The summed E-state index contributed by atoms with van der Waals surface area (Å²) < 4.78 is 11.2. The van der Waals surface area contributed by atoms with E-state index in [1.165, 1.54) is 0 Å². The molecule has 6 nitrogen and oxygen atoms in total. The molecule has 0 radical (unpaired) electrons. The number of nitrogens with zero attached hydrogens (tertiary/aromatic N) is 2. The second kappa shape index (κ2) is 11.0. The fraction of sp³-hybridized carbons (Fsp3) is 0.500. The molecule has 0 saturated carbocycles. The highest BCUT2D eigenvalue weighted by molar-refractivity contribution is 5.96. The molecule has 0 unspecified atom stereocenters. The van der Waals surface area contributed by atoms with Crippen molar-refractivity contribution in [2.45, 2.75) is 52.2 Å². The summed E-state index contributed by atoms with van der Waals surface area (Å²) in [5.41, 5.74) is 1.65. The van der Waals surface area contributed by atoms with Crippen molar-refractivity contribution >= 4 is 11.8 Å². The Morgan fingerprint density at radius 3 is 2.70 bits per heavy atom. The van der Waals surface area contributed by atoms with E-state index in [0.717, 1.165) is 43.6 Å². The summed E-state index contributed by atoms with van der Waals surface area (Å²) >= 11 is 0. The number of hydrogen-bond acceptors (Lipinski definition) is 4. The van der Waals surface area contributed by atoms with Crippen molar-refractivity contribution in [3.63, 3.8) is 0 Å². The van der Waals surface area contributed by atoms with Gasteiger partial charge in [-0.2, -0.15) is 0 Å². The van der Waals surface area contributed by atoms with Gasteiger partial charge in [-0.05, 0) is 50.5 Å². The molecule has 1 fully saturated rings. The van der Waals surface area contributed by atoms with Gasteiger partial charge in [0.15, 0.2) is 0 Å². The lowest BCUT2D eigenvalue weighted by molar-refractivity contribution is -0.134. The summed E-state index contributed by atoms with van der Waals surface area (Å²) in [6.45, 7) is 6.29. The third-order valence-corrected chi connectivity index (χ3v) is 5.39. The molecule has 0 aliphatic carbocycles. The van der Waals surface area contributed by atoms with Crippen molar-refractivity contribution < 1.29 is 18.7 Å². The van der Waals surface area contributed by atoms with Crippen LogP contribution in [0.5, 0.6) is 0 Å². The van der Waals surface area contributed by atoms with Crippen LogP contribution < -0.4 is 0 Å². The van der Waals surface area contributed by atoms with E-state index in [2.05, 4.69) is 6.92 Å². The van der Waals surface area contributed by atoms with Gasteiger partial charge < -0.3 is 19.0 Å². The number of carbonyl (C=O) groups is 2. The topological polar surface area (TPSA) is 63.0 Å². The molecule has 6 heteroatoms. The van der Waals surface area contributed by atoms with E-state index in [1.54, 1.807) is 16.1 Å². The molecule has 2 aromatic rings. The lowest BCUT2D eigenvalue weighted by Gasteiger charge is -2.29. The molecule has 1 aliphatic rings. The van der Waals surface area contributed by atoms with E-state index in [-0.39, 0.29) is 24.5 Å². The normalized spacial score (nSPS) is 15.9. The van der Waals surface area contributed by atoms with E-state index < -0.39 is 0 Å². The summed E-state index contributed by atoms with van der Waals surface area (Å²) in [7, 11) is 0. The maximum Gasteiger partial charge on any atom is 0.254 e. The average Bonchev–Trinajstić information content (AvgIpc) is 3.44. The Labute approximate surface area is 178 Å². The van der Waals surface area contributed by atoms with Crippen LogP contribution in [0.1, 0.15) is 54.3 Å². The SMILES string of the molecule is CCCCN(CC(=O)N(Cc1ccco1)C[C@H]1CCCO1)C(=O)c1cccc(C)c1. The lowest BCUT2D eigenvalue weighted by Crippen LogP contribution is -2.45. The third kappa shape index (κ3) is 6.20. The summed E-state index contributed by atoms with van der Waals surface area (Å²) in [5, 5.41) is 0. The Hall–Kier alpha value is -2.60. The largest absolute Gasteiger partial charge is 0.467 e. The Bertz CT molecular complexity index is 812. The number of aryl methyl sites for hydroxylation is 1. The third-order valence-electron chi connectivity index (χ3n) is 5.39. The van der Waals surface area contributed by atoms with Gasteiger partial charge in [-0.25, -0.2) is 0 Å². The molecule has 162 valence electrons. The molecule has 1 aromatic heterocycles. The molecular formula is C24H32N2O4. The van der Waals surface area contributed by atoms with Crippen LogP contribution in [0.2, 0.25) is 0 Å². The van der Waals surface area contributed by atoms with Gasteiger partial charge in [-0.1, -0.05) is 31.0 Å². The van der Waals surface area contributed by atoms with Crippen molar-refractivity contribution in [1.82, 2.24) is 9.80 Å². The fourth-order valence-corrected chi connectivity index (χ4v) is 3.70. The monoisotopic (exact) mass is 412 g/mol. The highest BCUT2D eigenvalue weighted by atomic mass is 16.5. The number of furan rings is 1. The molecular weight excluding hydrogens is 380 g/mol. The van der Waals surface area contributed by atoms with Crippen LogP contribution in [0.4, 0.5) is 0 Å². The smallest absolute Gasteiger partial charge is 0.254 e. The first kappa shape index (κ1) is 22.1. The quantitative estimate of drug-likeness (QED) is 0.591. The predicted octanol–water partition coefficient (Wildman–Crippen LogP) is 4.04. The minimum absolute atomic E-state index is 0.0421. The van der Waals surface area contributed by atoms with Crippen LogP contribution in [0.25, 0.3) is 0 Å². The molecule has 2 amide bonds. The Morgan fingerprint density at radius 2 is 2.03 bits per heavy atom. The van der Waals surface area contributed by atoms with Gasteiger partial charge in [-0.3, -0.25) is 9.59 Å². The average molecular weight is 413 g/mol. The number of benzene rings is 1. The van der Waals surface area contributed by atoms with Gasteiger partial charge in [0.25, 0.3) is 5.91 Å². The van der Waals surface area contributed by atoms with Crippen molar-refractivity contribution in [3.05, 3.63) is 59.5 Å². The number of hydrogen-bond donors (Lipinski definition) is 0. The molecule has 0 bridgehead atoms. The molecule has 3 rings (SSSR count). The van der Waals surface area contributed by atoms with Crippen LogP contribution in [-0.4, -0.2) is 54.0 Å². The second-order valence-corrected chi connectivity index (χ2v) is 7.94. The molecule has 1 saturated heterocycles. The minimum Gasteiger partial charge on any atom is -0.467 e. The van der Waals surface area contributed by atoms with Crippen molar-refractivity contribution in [2.75, 3.05) is 26.2 Å². The maximum atomic E-state index is 13.3. The summed E-state index contributed by atoms with van der Waals surface area (Å²) in [4.78, 5) is 29.8. The first-order chi connectivity index (χ1) is 14.6. The van der Waals surface area contributed by atoms with Gasteiger partial charge in [0.1, 0.15) is 12.3 Å². The summed E-state index contributed by atoms with van der Waals surface area (Å²) in [6, 6.07) is 11.2. The number of rotatable bonds is 10. The zero-order valence-electron chi connectivity index (χ0n) is 18.0. The predicted molar refractivity (Wildman–Crippen MR) is 115 cm³/mol. The van der Waals surface area contributed by atoms with E-state index in [1.807, 2.05) is 43.3 Å². The first-order valence-corrected chi connectivity index (χ1v) is 10.8. The molecule has 1 aromatic carbocycles. The number of unbranched alkanes of at least 4 members (excludes halogenated alkanes) is 1. The van der Waals surface area contributed by atoms with Crippen LogP contribution in [0.3, 0.4) is 0 Å².